The van der Waals surface area contributed by atoms with Gasteiger partial charge in [0.1, 0.15) is 0 Å². The van der Waals surface area contributed by atoms with E-state index in [2.05, 4.69) is 11.8 Å². The third-order valence-corrected chi connectivity index (χ3v) is 4.00. The van der Waals surface area contributed by atoms with Crippen LogP contribution in [0.2, 0.25) is 0 Å². The van der Waals surface area contributed by atoms with Gasteiger partial charge in [-0.1, -0.05) is 60.7 Å². The summed E-state index contributed by atoms with van der Waals surface area (Å²) >= 11 is 0. The molecule has 0 aliphatic rings. The number of likely N-dealkylation sites (N-methyl/N-ethyl adjacent to an activating group) is 1. The van der Waals surface area contributed by atoms with Crippen LogP contribution in [0.4, 0.5) is 0 Å². The molecule has 0 heterocycles. The second-order valence-electron chi connectivity index (χ2n) is 5.32. The second kappa shape index (κ2) is 6.55. The molecular formula is C18H21NO2. The number of carbonyl (C=O) groups excluding carboxylic acids is 1. The van der Waals surface area contributed by atoms with Gasteiger partial charge in [0.2, 0.25) is 0 Å². The molecular weight excluding hydrogens is 262 g/mol. The number of benzene rings is 2. The SMILES string of the molecule is CC(N(C)C)C(OC=O)(c1ccccc1)c1ccccc1. The van der Waals surface area contributed by atoms with Crippen molar-refractivity contribution in [2.75, 3.05) is 14.1 Å². The van der Waals surface area contributed by atoms with Crippen molar-refractivity contribution in [3.05, 3.63) is 71.8 Å². The molecule has 0 saturated carbocycles. The van der Waals surface area contributed by atoms with E-state index < -0.39 is 5.60 Å². The molecule has 0 amide bonds. The molecule has 0 aromatic heterocycles. The summed E-state index contributed by atoms with van der Waals surface area (Å²) in [5, 5.41) is 0. The first-order chi connectivity index (χ1) is 10.1. The molecule has 0 fully saturated rings. The lowest BCUT2D eigenvalue weighted by Crippen LogP contribution is -2.48. The van der Waals surface area contributed by atoms with Crippen LogP contribution in [0.15, 0.2) is 60.7 Å². The van der Waals surface area contributed by atoms with Gasteiger partial charge in [-0.2, -0.15) is 0 Å². The third-order valence-electron chi connectivity index (χ3n) is 4.00. The van der Waals surface area contributed by atoms with Gasteiger partial charge in [0.15, 0.2) is 5.60 Å². The molecule has 110 valence electrons. The zero-order valence-electron chi connectivity index (χ0n) is 12.7. The number of ether oxygens (including phenoxy) is 1. The largest absolute Gasteiger partial charge is 0.450 e. The highest BCUT2D eigenvalue weighted by Gasteiger charge is 2.43. The Morgan fingerprint density at radius 1 is 0.952 bits per heavy atom. The van der Waals surface area contributed by atoms with Crippen molar-refractivity contribution in [1.29, 1.82) is 0 Å². The Kier molecular flexibility index (Phi) is 4.76. The summed E-state index contributed by atoms with van der Waals surface area (Å²) in [7, 11) is 3.97. The fraction of sp³-hybridized carbons (Fsp3) is 0.278. The van der Waals surface area contributed by atoms with Gasteiger partial charge in [-0.05, 0) is 21.0 Å². The van der Waals surface area contributed by atoms with Crippen LogP contribution >= 0.6 is 0 Å². The van der Waals surface area contributed by atoms with E-state index in [4.69, 9.17) is 4.74 Å². The molecule has 3 heteroatoms. The van der Waals surface area contributed by atoms with Gasteiger partial charge >= 0.3 is 0 Å². The van der Waals surface area contributed by atoms with Crippen LogP contribution in [0.3, 0.4) is 0 Å². The van der Waals surface area contributed by atoms with Crippen molar-refractivity contribution < 1.29 is 9.53 Å². The molecule has 0 N–H and O–H groups in total. The lowest BCUT2D eigenvalue weighted by Gasteiger charge is -2.41. The molecule has 1 atom stereocenters. The van der Waals surface area contributed by atoms with Crippen LogP contribution in [-0.2, 0) is 15.1 Å². The average molecular weight is 283 g/mol. The second-order valence-corrected chi connectivity index (χ2v) is 5.32. The van der Waals surface area contributed by atoms with Crippen molar-refractivity contribution in [3.8, 4) is 0 Å². The Bertz CT molecular complexity index is 527. The molecule has 0 saturated heterocycles. The Hall–Kier alpha value is -2.13. The summed E-state index contributed by atoms with van der Waals surface area (Å²) in [5.41, 5.74) is 1.10. The summed E-state index contributed by atoms with van der Waals surface area (Å²) in [6.07, 6.45) is 0. The Labute approximate surface area is 126 Å². The molecule has 2 rings (SSSR count). The van der Waals surface area contributed by atoms with Gasteiger partial charge in [0.05, 0.1) is 6.04 Å². The van der Waals surface area contributed by atoms with E-state index in [0.29, 0.717) is 6.47 Å². The van der Waals surface area contributed by atoms with Crippen LogP contribution in [0, 0.1) is 0 Å². The first-order valence-corrected chi connectivity index (χ1v) is 7.02. The lowest BCUT2D eigenvalue weighted by atomic mass is 9.80. The summed E-state index contributed by atoms with van der Waals surface area (Å²) < 4.78 is 5.70. The van der Waals surface area contributed by atoms with Crippen molar-refractivity contribution in [1.82, 2.24) is 4.90 Å². The summed E-state index contributed by atoms with van der Waals surface area (Å²) in [4.78, 5) is 13.3. The summed E-state index contributed by atoms with van der Waals surface area (Å²) in [5.74, 6) is 0. The van der Waals surface area contributed by atoms with Crippen LogP contribution in [0.25, 0.3) is 0 Å². The van der Waals surface area contributed by atoms with E-state index in [1.807, 2.05) is 74.8 Å². The Balaban J connectivity index is 2.69. The third kappa shape index (κ3) is 2.83. The standard InChI is InChI=1S/C18H21NO2/c1-15(19(2)3)18(21-14-20,16-10-6-4-7-11-16)17-12-8-5-9-13-17/h4-15H,1-3H3. The minimum absolute atomic E-state index is 0.0208. The fourth-order valence-electron chi connectivity index (χ4n) is 2.69. The van der Waals surface area contributed by atoms with Gasteiger partial charge in [0.25, 0.3) is 6.47 Å². The maximum absolute atomic E-state index is 11.3. The van der Waals surface area contributed by atoms with Crippen LogP contribution in [0.1, 0.15) is 18.1 Å². The number of carbonyl (C=O) groups is 1. The molecule has 2 aromatic rings. The number of nitrogens with zero attached hydrogens (tertiary/aromatic N) is 1. The molecule has 21 heavy (non-hydrogen) atoms. The quantitative estimate of drug-likeness (QED) is 0.763. The van der Waals surface area contributed by atoms with Crippen LogP contribution < -0.4 is 0 Å². The maximum Gasteiger partial charge on any atom is 0.294 e. The highest BCUT2D eigenvalue weighted by Crippen LogP contribution is 2.38. The normalized spacial score (nSPS) is 13.0. The Morgan fingerprint density at radius 2 is 1.38 bits per heavy atom. The minimum Gasteiger partial charge on any atom is -0.450 e. The van der Waals surface area contributed by atoms with Crippen molar-refractivity contribution >= 4 is 6.47 Å². The molecule has 0 spiro atoms. The van der Waals surface area contributed by atoms with Crippen molar-refractivity contribution in [3.63, 3.8) is 0 Å². The van der Waals surface area contributed by atoms with E-state index in [9.17, 15) is 4.79 Å². The van der Waals surface area contributed by atoms with Crippen molar-refractivity contribution in [2.45, 2.75) is 18.6 Å². The topological polar surface area (TPSA) is 29.5 Å². The van der Waals surface area contributed by atoms with Gasteiger partial charge in [-0.15, -0.1) is 0 Å². The molecule has 0 radical (unpaired) electrons. The number of rotatable bonds is 6. The number of hydrogen-bond acceptors (Lipinski definition) is 3. The van der Waals surface area contributed by atoms with Crippen LogP contribution in [-0.4, -0.2) is 31.5 Å². The van der Waals surface area contributed by atoms with E-state index >= 15 is 0 Å². The van der Waals surface area contributed by atoms with E-state index in [1.165, 1.54) is 0 Å². The summed E-state index contributed by atoms with van der Waals surface area (Å²) in [6, 6.07) is 19.7. The molecule has 1 unspecified atom stereocenters. The molecule has 0 aliphatic heterocycles. The monoisotopic (exact) mass is 283 g/mol. The minimum atomic E-state index is -0.826. The Morgan fingerprint density at radius 3 is 1.71 bits per heavy atom. The molecule has 2 aromatic carbocycles. The maximum atomic E-state index is 11.3. The van der Waals surface area contributed by atoms with Gasteiger partial charge in [-0.25, -0.2) is 0 Å². The zero-order chi connectivity index (χ0) is 15.3. The van der Waals surface area contributed by atoms with Crippen LogP contribution in [0.5, 0.6) is 0 Å². The molecule has 0 bridgehead atoms. The summed E-state index contributed by atoms with van der Waals surface area (Å²) in [6.45, 7) is 2.60. The predicted octanol–water partition coefficient (Wildman–Crippen LogP) is 3.05. The predicted molar refractivity (Wildman–Crippen MR) is 84.0 cm³/mol. The number of hydrogen-bond donors (Lipinski definition) is 0. The zero-order valence-corrected chi connectivity index (χ0v) is 12.7. The van der Waals surface area contributed by atoms with Crippen molar-refractivity contribution in [2.24, 2.45) is 0 Å². The average Bonchev–Trinajstić information content (AvgIpc) is 2.53. The highest BCUT2D eigenvalue weighted by atomic mass is 16.5. The van der Waals surface area contributed by atoms with Gasteiger partial charge < -0.3 is 9.64 Å². The first-order valence-electron chi connectivity index (χ1n) is 7.02. The molecule has 3 nitrogen and oxygen atoms in total. The fourth-order valence-corrected chi connectivity index (χ4v) is 2.69. The first kappa shape index (κ1) is 15.3. The molecule has 0 aliphatic carbocycles. The van der Waals surface area contributed by atoms with E-state index in [0.717, 1.165) is 11.1 Å². The lowest BCUT2D eigenvalue weighted by molar-refractivity contribution is -0.146. The van der Waals surface area contributed by atoms with E-state index in [1.54, 1.807) is 0 Å². The van der Waals surface area contributed by atoms with E-state index in [-0.39, 0.29) is 6.04 Å². The smallest absolute Gasteiger partial charge is 0.294 e. The van der Waals surface area contributed by atoms with Gasteiger partial charge in [0, 0.05) is 11.1 Å². The van der Waals surface area contributed by atoms with Gasteiger partial charge in [-0.3, -0.25) is 4.79 Å². The highest BCUT2D eigenvalue weighted by molar-refractivity contribution is 5.47.